The van der Waals surface area contributed by atoms with Crippen molar-refractivity contribution in [3.05, 3.63) is 48.3 Å². The molecule has 0 atom stereocenters. The predicted molar refractivity (Wildman–Crippen MR) is 107 cm³/mol. The second kappa shape index (κ2) is 8.48. The van der Waals surface area contributed by atoms with Gasteiger partial charge in [-0.3, -0.25) is 10.00 Å². The van der Waals surface area contributed by atoms with E-state index in [4.69, 9.17) is 9.47 Å². The minimum Gasteiger partial charge on any atom is -0.493 e. The van der Waals surface area contributed by atoms with Crippen LogP contribution in [0.5, 0.6) is 11.5 Å². The first-order valence-electron chi connectivity index (χ1n) is 9.52. The Labute approximate surface area is 163 Å². The number of anilines is 1. The van der Waals surface area contributed by atoms with Gasteiger partial charge in [0.2, 0.25) is 0 Å². The third-order valence-electron chi connectivity index (χ3n) is 5.06. The van der Waals surface area contributed by atoms with Crippen LogP contribution in [0.25, 0.3) is 10.9 Å². The van der Waals surface area contributed by atoms with Gasteiger partial charge in [-0.25, -0.2) is 4.39 Å². The number of methoxy groups -OCH3 is 1. The highest BCUT2D eigenvalue weighted by Crippen LogP contribution is 2.26. The van der Waals surface area contributed by atoms with Crippen molar-refractivity contribution >= 4 is 16.7 Å². The molecule has 1 aliphatic heterocycles. The number of rotatable bonds is 7. The highest BCUT2D eigenvalue weighted by Gasteiger charge is 2.20. The molecule has 1 N–H and O–H groups in total. The van der Waals surface area contributed by atoms with Crippen LogP contribution in [-0.4, -0.2) is 61.5 Å². The van der Waals surface area contributed by atoms with E-state index in [-0.39, 0.29) is 5.82 Å². The molecule has 0 unspecified atom stereocenters. The second-order valence-electron chi connectivity index (χ2n) is 6.84. The van der Waals surface area contributed by atoms with E-state index >= 15 is 0 Å². The van der Waals surface area contributed by atoms with Gasteiger partial charge in [0.05, 0.1) is 19.2 Å². The van der Waals surface area contributed by atoms with Gasteiger partial charge in [0.1, 0.15) is 5.82 Å². The minimum atomic E-state index is -0.249. The average molecular weight is 383 g/mol. The maximum Gasteiger partial charge on any atom is 0.161 e. The summed E-state index contributed by atoms with van der Waals surface area (Å²) in [7, 11) is 1.63. The molecule has 0 bridgehead atoms. The number of H-pyrrole nitrogens is 1. The molecular formula is C21H24FN4O2. The fraction of sp³-hybridized carbons (Fsp3) is 0.381. The Balaban J connectivity index is 1.24. The topological polar surface area (TPSA) is 53.6 Å². The fourth-order valence-corrected chi connectivity index (χ4v) is 3.55. The number of ether oxygens (including phenoxy) is 2. The van der Waals surface area contributed by atoms with Crippen LogP contribution in [0.4, 0.5) is 10.2 Å². The van der Waals surface area contributed by atoms with E-state index in [0.29, 0.717) is 12.4 Å². The number of piperazine rings is 1. The van der Waals surface area contributed by atoms with E-state index < -0.39 is 0 Å². The molecule has 2 aromatic carbocycles. The summed E-state index contributed by atoms with van der Waals surface area (Å²) in [5.74, 6) is 2.13. The Morgan fingerprint density at radius 3 is 2.86 bits per heavy atom. The number of hydrogen-bond donors (Lipinski definition) is 1. The summed E-state index contributed by atoms with van der Waals surface area (Å²) in [6.07, 6.45) is 0.951. The van der Waals surface area contributed by atoms with Crippen molar-refractivity contribution in [1.82, 2.24) is 15.1 Å². The zero-order chi connectivity index (χ0) is 19.3. The number of hydrogen-bond acceptors (Lipinski definition) is 5. The molecule has 28 heavy (non-hydrogen) atoms. The van der Waals surface area contributed by atoms with Crippen LogP contribution < -0.4 is 14.4 Å². The Morgan fingerprint density at radius 1 is 1.18 bits per heavy atom. The predicted octanol–water partition coefficient (Wildman–Crippen LogP) is 3.10. The van der Waals surface area contributed by atoms with Crippen LogP contribution in [0.15, 0.2) is 36.4 Å². The summed E-state index contributed by atoms with van der Waals surface area (Å²) >= 11 is 0. The van der Waals surface area contributed by atoms with Crippen molar-refractivity contribution in [1.29, 1.82) is 0 Å². The lowest BCUT2D eigenvalue weighted by Crippen LogP contribution is -2.47. The summed E-state index contributed by atoms with van der Waals surface area (Å²) in [5.41, 5.74) is 0.739. The van der Waals surface area contributed by atoms with E-state index in [9.17, 15) is 4.39 Å². The van der Waals surface area contributed by atoms with E-state index in [1.54, 1.807) is 19.2 Å². The third-order valence-corrected chi connectivity index (χ3v) is 5.06. The van der Waals surface area contributed by atoms with E-state index in [1.165, 1.54) is 12.1 Å². The summed E-state index contributed by atoms with van der Waals surface area (Å²) < 4.78 is 24.5. The Morgan fingerprint density at radius 2 is 2.04 bits per heavy atom. The highest BCUT2D eigenvalue weighted by molar-refractivity contribution is 5.90. The minimum absolute atomic E-state index is 0.249. The van der Waals surface area contributed by atoms with Gasteiger partial charge in [-0.15, -0.1) is 0 Å². The standard InChI is InChI=1S/C21H24FN4O2/c1-27-19-5-2-3-6-20(19)28-14-4-9-25-10-12-26(13-11-25)21-17-8-7-16(22)15-18(17)23-24-21/h3,5-8,15H,4,9-14H2,1H3,(H,23,24). The van der Waals surface area contributed by atoms with Gasteiger partial charge in [0, 0.05) is 38.1 Å². The Kier molecular flexibility index (Phi) is 5.62. The lowest BCUT2D eigenvalue weighted by molar-refractivity contribution is 0.221. The number of fused-ring (bicyclic) bond motifs is 1. The molecule has 1 radical (unpaired) electrons. The highest BCUT2D eigenvalue weighted by atomic mass is 19.1. The van der Waals surface area contributed by atoms with Gasteiger partial charge in [0.25, 0.3) is 0 Å². The zero-order valence-corrected chi connectivity index (χ0v) is 15.9. The van der Waals surface area contributed by atoms with Crippen molar-refractivity contribution in [2.45, 2.75) is 6.42 Å². The van der Waals surface area contributed by atoms with Crippen LogP contribution in [-0.2, 0) is 0 Å². The van der Waals surface area contributed by atoms with Gasteiger partial charge in [-0.1, -0.05) is 6.07 Å². The van der Waals surface area contributed by atoms with Crippen molar-refractivity contribution in [2.75, 3.05) is 51.3 Å². The first kappa shape index (κ1) is 18.6. The largest absolute Gasteiger partial charge is 0.493 e. The third kappa shape index (κ3) is 4.04. The molecule has 1 aliphatic rings. The first-order chi connectivity index (χ1) is 13.7. The van der Waals surface area contributed by atoms with Crippen LogP contribution in [0.2, 0.25) is 0 Å². The number of nitrogens with zero attached hydrogens (tertiary/aromatic N) is 3. The molecule has 4 rings (SSSR count). The molecular weight excluding hydrogens is 359 g/mol. The molecule has 1 aromatic heterocycles. The molecule has 1 fully saturated rings. The maximum atomic E-state index is 13.4. The van der Waals surface area contributed by atoms with E-state index in [2.05, 4.69) is 26.1 Å². The maximum absolute atomic E-state index is 13.4. The van der Waals surface area contributed by atoms with Gasteiger partial charge in [-0.2, -0.15) is 5.10 Å². The van der Waals surface area contributed by atoms with Crippen molar-refractivity contribution < 1.29 is 13.9 Å². The summed E-state index contributed by atoms with van der Waals surface area (Å²) in [4.78, 5) is 4.69. The Bertz CT molecular complexity index is 922. The fourth-order valence-electron chi connectivity index (χ4n) is 3.55. The van der Waals surface area contributed by atoms with Gasteiger partial charge >= 0.3 is 0 Å². The van der Waals surface area contributed by atoms with E-state index in [0.717, 1.165) is 61.6 Å². The molecule has 1 saturated heterocycles. The van der Waals surface area contributed by atoms with Crippen LogP contribution in [0.1, 0.15) is 6.42 Å². The quantitative estimate of drug-likeness (QED) is 0.636. The smallest absolute Gasteiger partial charge is 0.161 e. The van der Waals surface area contributed by atoms with Gasteiger partial charge in [0.15, 0.2) is 17.3 Å². The van der Waals surface area contributed by atoms with Gasteiger partial charge in [-0.05, 0) is 42.8 Å². The average Bonchev–Trinajstić information content (AvgIpc) is 3.15. The van der Waals surface area contributed by atoms with Crippen molar-refractivity contribution in [3.8, 4) is 11.5 Å². The number of halogens is 1. The molecule has 7 heteroatoms. The second-order valence-corrected chi connectivity index (χ2v) is 6.84. The Hall–Kier alpha value is -2.80. The van der Waals surface area contributed by atoms with Crippen LogP contribution >= 0.6 is 0 Å². The monoisotopic (exact) mass is 383 g/mol. The molecule has 0 saturated carbocycles. The lowest BCUT2D eigenvalue weighted by atomic mass is 10.2. The zero-order valence-electron chi connectivity index (χ0n) is 15.9. The van der Waals surface area contributed by atoms with Crippen molar-refractivity contribution in [3.63, 3.8) is 0 Å². The molecule has 147 valence electrons. The number of aromatic amines is 1. The molecule has 0 amide bonds. The molecule has 0 spiro atoms. The summed E-state index contributed by atoms with van der Waals surface area (Å²) in [6, 6.07) is 13.2. The normalized spacial score (nSPS) is 15.1. The van der Waals surface area contributed by atoms with Crippen molar-refractivity contribution in [2.24, 2.45) is 0 Å². The van der Waals surface area contributed by atoms with Gasteiger partial charge < -0.3 is 14.4 Å². The van der Waals surface area contributed by atoms with Crippen LogP contribution in [0.3, 0.4) is 0 Å². The lowest BCUT2D eigenvalue weighted by Gasteiger charge is -2.35. The summed E-state index contributed by atoms with van der Waals surface area (Å²) in [5, 5.41) is 8.29. The van der Waals surface area contributed by atoms with Crippen LogP contribution in [0, 0.1) is 11.9 Å². The van der Waals surface area contributed by atoms with E-state index in [1.807, 2.05) is 12.1 Å². The number of aromatic nitrogens is 2. The SMILES string of the molecule is COc1c[c]ccc1OCCCN1CCN(c2n[nH]c3cc(F)ccc23)CC1. The number of benzene rings is 2. The number of nitrogens with one attached hydrogen (secondary N) is 1. The molecule has 3 aromatic rings. The summed E-state index contributed by atoms with van der Waals surface area (Å²) in [6.45, 7) is 5.39. The molecule has 6 nitrogen and oxygen atoms in total. The molecule has 2 heterocycles. The first-order valence-corrected chi connectivity index (χ1v) is 9.52. The molecule has 0 aliphatic carbocycles.